The van der Waals surface area contributed by atoms with Gasteiger partial charge >= 0.3 is 99.2 Å². The second kappa shape index (κ2) is 15.1. The van der Waals surface area contributed by atoms with Gasteiger partial charge in [0, 0.05) is 0 Å². The van der Waals surface area contributed by atoms with Gasteiger partial charge in [-0.15, -0.1) is 29.7 Å². The van der Waals surface area contributed by atoms with E-state index in [-0.39, 0.29) is 24.8 Å². The fourth-order valence-corrected chi connectivity index (χ4v) is 4.40. The summed E-state index contributed by atoms with van der Waals surface area (Å²) in [4.78, 5) is 0. The molecule has 0 spiro atoms. The van der Waals surface area contributed by atoms with E-state index in [1.807, 2.05) is 0 Å². The zero-order valence-corrected chi connectivity index (χ0v) is 24.1. The van der Waals surface area contributed by atoms with Crippen LogP contribution in [0.5, 0.6) is 0 Å². The van der Waals surface area contributed by atoms with Crippen molar-refractivity contribution in [1.82, 2.24) is 0 Å². The van der Waals surface area contributed by atoms with Crippen LogP contribution in [0.15, 0.2) is 109 Å². The number of aryl methyl sites for hydroxylation is 2. The summed E-state index contributed by atoms with van der Waals surface area (Å²) in [6.45, 7) is 8.68. The van der Waals surface area contributed by atoms with Gasteiger partial charge in [-0.1, -0.05) is 33.8 Å². The summed E-state index contributed by atoms with van der Waals surface area (Å²) in [6, 6.07) is 38.0. The molecule has 0 aliphatic carbocycles. The minimum atomic E-state index is 0. The van der Waals surface area contributed by atoms with Crippen molar-refractivity contribution in [2.45, 2.75) is 27.7 Å². The van der Waals surface area contributed by atoms with Crippen molar-refractivity contribution in [1.29, 1.82) is 0 Å². The minimum absolute atomic E-state index is 0. The van der Waals surface area contributed by atoms with Crippen LogP contribution in [0.25, 0.3) is 10.8 Å². The van der Waals surface area contributed by atoms with Gasteiger partial charge in [0.25, 0.3) is 0 Å². The topological polar surface area (TPSA) is 0 Å². The number of hydrogen-bond donors (Lipinski definition) is 0. The van der Waals surface area contributed by atoms with Crippen LogP contribution in [-0.2, 0) is 24.2 Å². The van der Waals surface area contributed by atoms with Gasteiger partial charge in [0.05, 0.1) is 0 Å². The Labute approximate surface area is 231 Å². The van der Waals surface area contributed by atoms with Crippen LogP contribution in [0, 0.1) is 27.7 Å². The summed E-state index contributed by atoms with van der Waals surface area (Å²) >= 11 is 1.46. The fraction of sp³-hybridized carbons (Fsp3) is 0.129. The molecule has 0 bridgehead atoms. The second-order valence-electron chi connectivity index (χ2n) is 8.02. The first-order valence-corrected chi connectivity index (χ1v) is 12.2. The number of halogens is 2. The van der Waals surface area contributed by atoms with Crippen LogP contribution in [0.2, 0.25) is 0 Å². The molecule has 5 aromatic rings. The first-order chi connectivity index (χ1) is 15.5. The van der Waals surface area contributed by atoms with E-state index in [4.69, 9.17) is 0 Å². The molecule has 0 nitrogen and oxygen atoms in total. The number of fused-ring (bicyclic) bond motifs is 1. The molecule has 0 fully saturated rings. The van der Waals surface area contributed by atoms with Gasteiger partial charge in [0.15, 0.2) is 0 Å². The van der Waals surface area contributed by atoms with Gasteiger partial charge in [-0.2, -0.15) is 45.8 Å². The Balaban J connectivity index is 0.000000257. The zero-order chi connectivity index (χ0) is 22.9. The molecule has 0 saturated heterocycles. The van der Waals surface area contributed by atoms with Crippen LogP contribution < -0.4 is 24.8 Å². The summed E-state index contributed by atoms with van der Waals surface area (Å²) in [5.74, 6) is 0. The van der Waals surface area contributed by atoms with Crippen molar-refractivity contribution >= 4 is 14.0 Å². The van der Waals surface area contributed by atoms with Crippen LogP contribution >= 0.6 is 0 Å². The molecule has 0 unspecified atom stereocenters. The number of hydrogen-bond acceptors (Lipinski definition) is 0. The molecule has 0 radical (unpaired) electrons. The smallest absolute Gasteiger partial charge is 0.0809 e. The first-order valence-electron chi connectivity index (χ1n) is 11.0. The van der Waals surface area contributed by atoms with Crippen molar-refractivity contribution in [3.8, 4) is 0 Å². The molecule has 0 amide bonds. The molecule has 3 heteroatoms. The minimum Gasteiger partial charge on any atom is -0.168 e. The maximum Gasteiger partial charge on any atom is -0.0809 e. The maximum absolute atomic E-state index is 2.24. The Bertz CT molecular complexity index is 1170. The molecule has 0 atom stereocenters. The molecular weight excluding hydrogens is 534 g/mol. The van der Waals surface area contributed by atoms with Crippen LogP contribution in [0.1, 0.15) is 33.4 Å². The molecule has 34 heavy (non-hydrogen) atoms. The van der Waals surface area contributed by atoms with Crippen LogP contribution in [0.4, 0.5) is 0 Å². The van der Waals surface area contributed by atoms with Crippen LogP contribution in [0.3, 0.4) is 0 Å². The molecule has 0 saturated carbocycles. The molecule has 0 N–H and O–H groups in total. The van der Waals surface area contributed by atoms with E-state index in [1.165, 1.54) is 71.6 Å². The summed E-state index contributed by atoms with van der Waals surface area (Å²) in [5, 5.41) is 2.66. The normalized spacial score (nSPS) is 9.47. The number of benzene rings is 3. The van der Waals surface area contributed by atoms with E-state index in [9.17, 15) is 0 Å². The maximum atomic E-state index is 2.24. The Kier molecular flexibility index (Phi) is 13.3. The predicted molar refractivity (Wildman–Crippen MR) is 137 cm³/mol. The Hall–Kier alpha value is -2.05. The molecule has 5 aromatic carbocycles. The van der Waals surface area contributed by atoms with Crippen molar-refractivity contribution in [3.63, 3.8) is 0 Å². The van der Waals surface area contributed by atoms with Crippen LogP contribution in [-0.4, -0.2) is 3.21 Å². The van der Waals surface area contributed by atoms with E-state index in [2.05, 4.69) is 137 Å². The molecule has 0 aliphatic rings. The third kappa shape index (κ3) is 8.31. The largest absolute Gasteiger partial charge is 0.168 e. The van der Waals surface area contributed by atoms with Gasteiger partial charge in [-0.25, -0.2) is 0 Å². The van der Waals surface area contributed by atoms with Gasteiger partial charge in [-0.3, -0.25) is 0 Å². The van der Waals surface area contributed by atoms with E-state index in [0.717, 1.165) is 0 Å². The van der Waals surface area contributed by atoms with E-state index >= 15 is 0 Å². The van der Waals surface area contributed by atoms with Crippen molar-refractivity contribution in [3.05, 3.63) is 143 Å². The summed E-state index contributed by atoms with van der Waals surface area (Å²) in [7, 11) is 0. The van der Waals surface area contributed by atoms with Crippen molar-refractivity contribution in [2.24, 2.45) is 0 Å². The van der Waals surface area contributed by atoms with Gasteiger partial charge in [0.1, 0.15) is 0 Å². The van der Waals surface area contributed by atoms with Crippen molar-refractivity contribution in [2.75, 3.05) is 0 Å². The Morgan fingerprint density at radius 1 is 0.706 bits per heavy atom. The molecule has 5 rings (SSSR count). The second-order valence-corrected chi connectivity index (χ2v) is 9.25. The average Bonchev–Trinajstić information content (AvgIpc) is 3.41. The van der Waals surface area contributed by atoms with E-state index < -0.39 is 0 Å². The SMILES string of the molecule is Cc1c[c-](C)c(C)c1C.[Cl-].[Cl-].[Zr+2]=[C](c1ccccc1)c1ccccc1.c1ccc2[cH-]ccc2c1. The van der Waals surface area contributed by atoms with E-state index in [0.29, 0.717) is 0 Å². The summed E-state index contributed by atoms with van der Waals surface area (Å²) < 4.78 is 1.42. The average molecular weight is 565 g/mol. The summed E-state index contributed by atoms with van der Waals surface area (Å²) in [6.07, 6.45) is 0. The third-order valence-electron chi connectivity index (χ3n) is 5.85. The Morgan fingerprint density at radius 3 is 1.62 bits per heavy atom. The molecule has 0 aliphatic heterocycles. The Morgan fingerprint density at radius 2 is 1.21 bits per heavy atom. The van der Waals surface area contributed by atoms with Crippen molar-refractivity contribution < 1.29 is 49.0 Å². The first kappa shape index (κ1) is 30.0. The quantitative estimate of drug-likeness (QED) is 0.288. The number of rotatable bonds is 2. The fourth-order valence-electron chi connectivity index (χ4n) is 3.58. The third-order valence-corrected chi connectivity index (χ3v) is 7.27. The summed E-state index contributed by atoms with van der Waals surface area (Å²) in [5.41, 5.74) is 8.41. The monoisotopic (exact) mass is 562 g/mol. The standard InChI is InChI=1S/C13H10.C9H7.C9H13.2ClH.Zr/c1-3-7-12(8-4-1)11-13-9-5-2-6-10-13;1-2-5-9-7-3-6-8(9)4-1;1-6-5-7(2)9(4)8(6)3;;;/h1-10H;1-7H;5H,1-4H3;2*1H;/q;2*-1;;;+2/p-2. The van der Waals surface area contributed by atoms with Gasteiger partial charge < -0.3 is 24.8 Å². The van der Waals surface area contributed by atoms with Gasteiger partial charge in [0.2, 0.25) is 0 Å². The van der Waals surface area contributed by atoms with E-state index in [1.54, 1.807) is 0 Å². The zero-order valence-electron chi connectivity index (χ0n) is 20.1. The van der Waals surface area contributed by atoms with Gasteiger partial charge in [-0.05, 0) is 0 Å². The molecule has 0 heterocycles. The molecule has 0 aromatic heterocycles. The predicted octanol–water partition coefficient (Wildman–Crippen LogP) is 2.01. The molecular formula is C31H30Cl2Zr-2. The molecule has 174 valence electrons.